The molecule has 0 saturated carbocycles. The van der Waals surface area contributed by atoms with E-state index in [1.165, 1.54) is 0 Å². The smallest absolute Gasteiger partial charge is 0.124 e. The summed E-state index contributed by atoms with van der Waals surface area (Å²) >= 11 is 0. The highest BCUT2D eigenvalue weighted by molar-refractivity contribution is 5.03. The zero-order valence-electron chi connectivity index (χ0n) is 6.11. The number of hydrogen-bond donors (Lipinski definition) is 0. The van der Waals surface area contributed by atoms with Crippen molar-refractivity contribution >= 4 is 0 Å². The van der Waals surface area contributed by atoms with Crippen molar-refractivity contribution in [2.75, 3.05) is 0 Å². The van der Waals surface area contributed by atoms with Crippen molar-refractivity contribution in [3.05, 3.63) is 11.9 Å². The molecule has 0 nitrogen and oxygen atoms in total. The lowest BCUT2D eigenvalue weighted by molar-refractivity contribution is 0.237. The molecule has 2 atom stereocenters. The van der Waals surface area contributed by atoms with E-state index in [2.05, 4.69) is 0 Å². The van der Waals surface area contributed by atoms with Crippen molar-refractivity contribution in [1.29, 1.82) is 0 Å². The Morgan fingerprint density at radius 2 is 2.40 bits per heavy atom. The number of allylic oxidation sites excluding steroid dienone is 2. The van der Waals surface area contributed by atoms with Gasteiger partial charge in [-0.1, -0.05) is 13.3 Å². The fourth-order valence-electron chi connectivity index (χ4n) is 1.30. The number of rotatable bonds is 1. The molecule has 10 heavy (non-hydrogen) atoms. The van der Waals surface area contributed by atoms with Crippen molar-refractivity contribution in [3.63, 3.8) is 0 Å². The molecule has 0 fully saturated rings. The monoisotopic (exact) mass is 146 g/mol. The van der Waals surface area contributed by atoms with Gasteiger partial charge in [-0.2, -0.15) is 0 Å². The molecule has 2 heteroatoms. The molecule has 2 unspecified atom stereocenters. The molecule has 0 saturated heterocycles. The molecule has 0 N–H and O–H groups in total. The maximum absolute atomic E-state index is 12.8. The third-order valence-corrected chi connectivity index (χ3v) is 2.07. The predicted octanol–water partition coefficient (Wildman–Crippen LogP) is 3.00. The number of halogens is 2. The largest absolute Gasteiger partial charge is 0.243 e. The van der Waals surface area contributed by atoms with E-state index in [0.29, 0.717) is 12.8 Å². The van der Waals surface area contributed by atoms with Crippen molar-refractivity contribution < 1.29 is 8.78 Å². The van der Waals surface area contributed by atoms with E-state index < -0.39 is 6.17 Å². The van der Waals surface area contributed by atoms with Crippen molar-refractivity contribution in [2.45, 2.75) is 32.4 Å². The topological polar surface area (TPSA) is 0 Å². The van der Waals surface area contributed by atoms with Crippen molar-refractivity contribution in [1.82, 2.24) is 0 Å². The van der Waals surface area contributed by atoms with E-state index in [1.54, 1.807) is 0 Å². The van der Waals surface area contributed by atoms with Gasteiger partial charge in [-0.15, -0.1) is 0 Å². The van der Waals surface area contributed by atoms with Gasteiger partial charge >= 0.3 is 0 Å². The maximum Gasteiger partial charge on any atom is 0.124 e. The summed E-state index contributed by atoms with van der Waals surface area (Å²) in [5.41, 5.74) is 0. The standard InChI is InChI=1S/C8H12F2/c1-2-6-3-4-7(9)5-8(6)10/h5-6,8H,2-4H2,1H3. The molecular weight excluding hydrogens is 134 g/mol. The van der Waals surface area contributed by atoms with Gasteiger partial charge in [0.2, 0.25) is 0 Å². The molecular formula is C8H12F2. The molecule has 0 aromatic heterocycles. The summed E-state index contributed by atoms with van der Waals surface area (Å²) in [6.45, 7) is 1.94. The molecule has 0 spiro atoms. The summed E-state index contributed by atoms with van der Waals surface area (Å²) in [7, 11) is 0. The Morgan fingerprint density at radius 1 is 1.70 bits per heavy atom. The van der Waals surface area contributed by atoms with Crippen LogP contribution in [0.15, 0.2) is 11.9 Å². The second-order valence-corrected chi connectivity index (χ2v) is 2.76. The molecule has 0 aromatic carbocycles. The Kier molecular flexibility index (Phi) is 2.41. The zero-order valence-corrected chi connectivity index (χ0v) is 6.11. The third-order valence-electron chi connectivity index (χ3n) is 2.07. The molecule has 0 aliphatic heterocycles. The summed E-state index contributed by atoms with van der Waals surface area (Å²) < 4.78 is 25.1. The fourth-order valence-corrected chi connectivity index (χ4v) is 1.30. The van der Waals surface area contributed by atoms with Crippen molar-refractivity contribution in [2.24, 2.45) is 5.92 Å². The predicted molar refractivity (Wildman–Crippen MR) is 37.1 cm³/mol. The Bertz CT molecular complexity index is 140. The molecule has 1 aliphatic rings. The van der Waals surface area contributed by atoms with Gasteiger partial charge in [-0.25, -0.2) is 8.78 Å². The van der Waals surface area contributed by atoms with Crippen LogP contribution in [-0.2, 0) is 0 Å². The van der Waals surface area contributed by atoms with E-state index in [9.17, 15) is 8.78 Å². The van der Waals surface area contributed by atoms with Gasteiger partial charge in [-0.3, -0.25) is 0 Å². The van der Waals surface area contributed by atoms with Crippen LogP contribution in [0.1, 0.15) is 26.2 Å². The first-order chi connectivity index (χ1) is 4.74. The Balaban J connectivity index is 2.55. The highest BCUT2D eigenvalue weighted by atomic mass is 19.1. The van der Waals surface area contributed by atoms with Crippen LogP contribution >= 0.6 is 0 Å². The van der Waals surface area contributed by atoms with E-state index >= 15 is 0 Å². The minimum atomic E-state index is -1.04. The number of alkyl halides is 1. The van der Waals surface area contributed by atoms with E-state index in [0.717, 1.165) is 12.5 Å². The molecule has 0 amide bonds. The van der Waals surface area contributed by atoms with Crippen LogP contribution in [0.4, 0.5) is 8.78 Å². The average Bonchev–Trinajstić information content (AvgIpc) is 1.88. The second-order valence-electron chi connectivity index (χ2n) is 2.76. The van der Waals surface area contributed by atoms with Gasteiger partial charge < -0.3 is 0 Å². The first-order valence-corrected chi connectivity index (χ1v) is 3.74. The first-order valence-electron chi connectivity index (χ1n) is 3.74. The SMILES string of the molecule is CCC1CCC(F)=CC1F. The minimum absolute atomic E-state index is 0.0551. The Hall–Kier alpha value is -0.400. The van der Waals surface area contributed by atoms with E-state index in [1.807, 2.05) is 6.92 Å². The van der Waals surface area contributed by atoms with Gasteiger partial charge in [0.15, 0.2) is 0 Å². The van der Waals surface area contributed by atoms with Crippen LogP contribution in [0.25, 0.3) is 0 Å². The molecule has 0 heterocycles. The summed E-state index contributed by atoms with van der Waals surface area (Å²) in [4.78, 5) is 0. The highest BCUT2D eigenvalue weighted by Crippen LogP contribution is 2.28. The zero-order chi connectivity index (χ0) is 7.56. The molecule has 0 aromatic rings. The molecule has 0 bridgehead atoms. The Morgan fingerprint density at radius 3 is 2.90 bits per heavy atom. The van der Waals surface area contributed by atoms with Crippen LogP contribution in [-0.4, -0.2) is 6.17 Å². The lowest BCUT2D eigenvalue weighted by atomic mass is 9.90. The van der Waals surface area contributed by atoms with Gasteiger partial charge in [0.1, 0.15) is 6.17 Å². The minimum Gasteiger partial charge on any atom is -0.243 e. The summed E-state index contributed by atoms with van der Waals surface area (Å²) in [5.74, 6) is -0.225. The highest BCUT2D eigenvalue weighted by Gasteiger charge is 2.22. The summed E-state index contributed by atoms with van der Waals surface area (Å²) in [6.07, 6.45) is 1.97. The third kappa shape index (κ3) is 1.55. The lowest BCUT2D eigenvalue weighted by Crippen LogP contribution is -2.16. The van der Waals surface area contributed by atoms with Crippen LogP contribution in [0.5, 0.6) is 0 Å². The van der Waals surface area contributed by atoms with Crippen molar-refractivity contribution in [3.8, 4) is 0 Å². The van der Waals surface area contributed by atoms with Gasteiger partial charge in [-0.05, 0) is 24.8 Å². The Labute approximate surface area is 59.9 Å². The maximum atomic E-state index is 12.8. The second kappa shape index (κ2) is 3.13. The summed E-state index contributed by atoms with van der Waals surface area (Å²) in [6, 6.07) is 0. The van der Waals surface area contributed by atoms with Crippen LogP contribution < -0.4 is 0 Å². The normalized spacial score (nSPS) is 33.7. The molecule has 58 valence electrons. The molecule has 1 rings (SSSR count). The van der Waals surface area contributed by atoms with E-state index in [4.69, 9.17) is 0 Å². The van der Waals surface area contributed by atoms with Crippen LogP contribution in [0, 0.1) is 5.92 Å². The first kappa shape index (κ1) is 7.70. The quantitative estimate of drug-likeness (QED) is 0.533. The average molecular weight is 146 g/mol. The van der Waals surface area contributed by atoms with Crippen LogP contribution in [0.3, 0.4) is 0 Å². The van der Waals surface area contributed by atoms with E-state index in [-0.39, 0.29) is 11.7 Å². The van der Waals surface area contributed by atoms with Gasteiger partial charge in [0, 0.05) is 0 Å². The molecule has 0 radical (unpaired) electrons. The lowest BCUT2D eigenvalue weighted by Gasteiger charge is -2.20. The van der Waals surface area contributed by atoms with Gasteiger partial charge in [0.25, 0.3) is 0 Å². The summed E-state index contributed by atoms with van der Waals surface area (Å²) in [5, 5.41) is 0. The fraction of sp³-hybridized carbons (Fsp3) is 0.750. The van der Waals surface area contributed by atoms with Crippen LogP contribution in [0.2, 0.25) is 0 Å². The molecule has 1 aliphatic carbocycles. The van der Waals surface area contributed by atoms with Gasteiger partial charge in [0.05, 0.1) is 5.83 Å². The number of hydrogen-bond acceptors (Lipinski definition) is 0.